The third-order valence-corrected chi connectivity index (χ3v) is 10.0. The number of halogens is 1. The van der Waals surface area contributed by atoms with Gasteiger partial charge in [-0.15, -0.1) is 0 Å². The first kappa shape index (κ1) is 18.6. The molecule has 1 fully saturated rings. The van der Waals surface area contributed by atoms with Crippen molar-refractivity contribution in [2.24, 2.45) is 0 Å². The number of hydrogen-bond donors (Lipinski definition) is 0. The molecule has 1 aliphatic rings. The quantitative estimate of drug-likeness (QED) is 0.594. The van der Waals surface area contributed by atoms with Crippen LogP contribution in [0.25, 0.3) is 5.78 Å². The lowest BCUT2D eigenvalue weighted by Gasteiger charge is -2.36. The van der Waals surface area contributed by atoms with Gasteiger partial charge in [0.05, 0.1) is 12.7 Å². The van der Waals surface area contributed by atoms with Gasteiger partial charge in [-0.05, 0) is 31.0 Å². The number of hydrogen-bond acceptors (Lipinski definition) is 4. The van der Waals surface area contributed by atoms with Crippen LogP contribution in [0.2, 0.25) is 23.3 Å². The zero-order chi connectivity index (χ0) is 18.4. The average Bonchev–Trinajstić information content (AvgIpc) is 3.10. The van der Waals surface area contributed by atoms with Gasteiger partial charge in [-0.3, -0.25) is 13.8 Å². The van der Waals surface area contributed by atoms with E-state index in [2.05, 4.69) is 38.8 Å². The second kappa shape index (κ2) is 6.54. The molecule has 0 spiro atoms. The molecule has 0 aliphatic carbocycles. The van der Waals surface area contributed by atoms with E-state index in [-0.39, 0.29) is 28.1 Å². The molecule has 0 aromatic carbocycles. The zero-order valence-corrected chi connectivity index (χ0v) is 17.2. The van der Waals surface area contributed by atoms with Crippen LogP contribution in [-0.4, -0.2) is 35.0 Å². The van der Waals surface area contributed by atoms with E-state index in [4.69, 9.17) is 20.8 Å². The number of rotatable bonds is 4. The van der Waals surface area contributed by atoms with Crippen molar-refractivity contribution in [3.63, 3.8) is 0 Å². The minimum absolute atomic E-state index is 0.0625. The molecule has 0 amide bonds. The van der Waals surface area contributed by atoms with Crippen LogP contribution < -0.4 is 5.56 Å². The monoisotopic (exact) mass is 383 g/mol. The molecule has 2 aromatic heterocycles. The molecule has 6 nitrogen and oxygen atoms in total. The highest BCUT2D eigenvalue weighted by Crippen LogP contribution is 2.37. The smallest absolute Gasteiger partial charge is 0.260 e. The minimum Gasteiger partial charge on any atom is -0.414 e. The Bertz CT molecular complexity index is 825. The average molecular weight is 384 g/mol. The maximum atomic E-state index is 12.0. The molecular formula is C17H26ClN3O3Si. The summed E-state index contributed by atoms with van der Waals surface area (Å²) in [5.74, 6) is 0.508. The summed E-state index contributed by atoms with van der Waals surface area (Å²) in [6.07, 6.45) is 5.22. The Morgan fingerprint density at radius 3 is 2.76 bits per heavy atom. The Kier molecular flexibility index (Phi) is 4.87. The van der Waals surface area contributed by atoms with E-state index in [0.29, 0.717) is 12.4 Å². The third kappa shape index (κ3) is 3.69. The van der Waals surface area contributed by atoms with Crippen molar-refractivity contribution in [3.05, 3.63) is 34.0 Å². The lowest BCUT2D eigenvalue weighted by molar-refractivity contribution is -0.0181. The molecule has 2 aromatic rings. The van der Waals surface area contributed by atoms with E-state index < -0.39 is 8.32 Å². The Labute approximate surface area is 153 Å². The Hall–Kier alpha value is -1.15. The summed E-state index contributed by atoms with van der Waals surface area (Å²) in [5, 5.41) is 0.379. The first-order valence-corrected chi connectivity index (χ1v) is 11.9. The van der Waals surface area contributed by atoms with E-state index in [1.807, 2.05) is 10.8 Å². The van der Waals surface area contributed by atoms with Gasteiger partial charge in [-0.1, -0.05) is 32.4 Å². The SMILES string of the molecule is CC(C)(C)[Si](C)(C)OC[C@@H]1CC[C@@H](n2ccn3c(=O)cc(Cl)nc23)O1. The summed E-state index contributed by atoms with van der Waals surface area (Å²) in [7, 11) is -1.78. The van der Waals surface area contributed by atoms with Gasteiger partial charge in [0.15, 0.2) is 8.32 Å². The molecule has 1 aliphatic heterocycles. The van der Waals surface area contributed by atoms with Crippen LogP contribution in [0.5, 0.6) is 0 Å². The Balaban J connectivity index is 1.71. The van der Waals surface area contributed by atoms with Crippen molar-refractivity contribution in [2.75, 3.05) is 6.61 Å². The zero-order valence-electron chi connectivity index (χ0n) is 15.5. The first-order chi connectivity index (χ1) is 11.6. The summed E-state index contributed by atoms with van der Waals surface area (Å²) in [6, 6.07) is 1.31. The largest absolute Gasteiger partial charge is 0.414 e. The molecule has 2 atom stereocenters. The van der Waals surface area contributed by atoms with Gasteiger partial charge in [0, 0.05) is 18.5 Å². The molecule has 0 unspecified atom stereocenters. The van der Waals surface area contributed by atoms with Gasteiger partial charge in [0.1, 0.15) is 11.4 Å². The standard InChI is InChI=1S/C17H26ClN3O3Si/c1-17(2,3)25(4,5)23-11-12-6-7-15(24-12)21-9-8-20-14(22)10-13(18)19-16(20)21/h8-10,12,15H,6-7,11H2,1-5H3/t12-,15-/m0/s1. The van der Waals surface area contributed by atoms with Crippen LogP contribution in [-0.2, 0) is 9.16 Å². The van der Waals surface area contributed by atoms with Crippen LogP contribution in [0.4, 0.5) is 0 Å². The highest BCUT2D eigenvalue weighted by Gasteiger charge is 2.38. The molecule has 1 saturated heterocycles. The molecule has 0 saturated carbocycles. The molecule has 0 bridgehead atoms. The summed E-state index contributed by atoms with van der Waals surface area (Å²) in [5.41, 5.74) is -0.190. The molecule has 25 heavy (non-hydrogen) atoms. The minimum atomic E-state index is -1.78. The Morgan fingerprint density at radius 1 is 1.36 bits per heavy atom. The topological polar surface area (TPSA) is 57.8 Å². The van der Waals surface area contributed by atoms with Crippen LogP contribution in [0.3, 0.4) is 0 Å². The van der Waals surface area contributed by atoms with Crippen molar-refractivity contribution in [1.29, 1.82) is 0 Å². The summed E-state index contributed by atoms with van der Waals surface area (Å²) in [4.78, 5) is 16.2. The molecular weight excluding hydrogens is 358 g/mol. The van der Waals surface area contributed by atoms with E-state index >= 15 is 0 Å². The fourth-order valence-corrected chi connectivity index (χ4v) is 3.94. The second-order valence-electron chi connectivity index (χ2n) is 8.15. The Morgan fingerprint density at radius 2 is 2.08 bits per heavy atom. The van der Waals surface area contributed by atoms with E-state index in [0.717, 1.165) is 12.8 Å². The molecule has 0 radical (unpaired) electrons. The van der Waals surface area contributed by atoms with Crippen LogP contribution in [0, 0.1) is 0 Å². The highest BCUT2D eigenvalue weighted by atomic mass is 35.5. The van der Waals surface area contributed by atoms with Gasteiger partial charge < -0.3 is 9.16 Å². The number of aromatic nitrogens is 3. The maximum Gasteiger partial charge on any atom is 0.260 e. The van der Waals surface area contributed by atoms with Crippen molar-refractivity contribution in [2.45, 2.75) is 64.1 Å². The molecule has 8 heteroatoms. The van der Waals surface area contributed by atoms with E-state index in [9.17, 15) is 4.79 Å². The summed E-state index contributed by atoms with van der Waals surface area (Å²) >= 11 is 5.94. The highest BCUT2D eigenvalue weighted by molar-refractivity contribution is 6.74. The van der Waals surface area contributed by atoms with Gasteiger partial charge in [0.2, 0.25) is 5.78 Å². The van der Waals surface area contributed by atoms with E-state index in [1.54, 1.807) is 6.20 Å². The van der Waals surface area contributed by atoms with Crippen molar-refractivity contribution in [3.8, 4) is 0 Å². The number of fused-ring (bicyclic) bond motifs is 1. The van der Waals surface area contributed by atoms with E-state index in [1.165, 1.54) is 10.5 Å². The van der Waals surface area contributed by atoms with Crippen molar-refractivity contribution in [1.82, 2.24) is 14.0 Å². The predicted molar refractivity (Wildman–Crippen MR) is 101 cm³/mol. The lowest BCUT2D eigenvalue weighted by Crippen LogP contribution is -2.42. The summed E-state index contributed by atoms with van der Waals surface area (Å²) < 4.78 is 15.8. The number of nitrogens with zero attached hydrogens (tertiary/aromatic N) is 3. The second-order valence-corrected chi connectivity index (χ2v) is 13.4. The molecule has 3 heterocycles. The first-order valence-electron chi connectivity index (χ1n) is 8.64. The van der Waals surface area contributed by atoms with Gasteiger partial charge in [0.25, 0.3) is 5.56 Å². The third-order valence-electron chi connectivity index (χ3n) is 5.34. The molecule has 138 valence electrons. The predicted octanol–water partition coefficient (Wildman–Crippen LogP) is 3.85. The van der Waals surface area contributed by atoms with Gasteiger partial charge in [-0.2, -0.15) is 0 Å². The molecule has 0 N–H and O–H groups in total. The van der Waals surface area contributed by atoms with Crippen molar-refractivity contribution < 1.29 is 9.16 Å². The van der Waals surface area contributed by atoms with Gasteiger partial charge >= 0.3 is 0 Å². The summed E-state index contributed by atoms with van der Waals surface area (Å²) in [6.45, 7) is 11.8. The maximum absolute atomic E-state index is 12.0. The molecule has 3 rings (SSSR count). The lowest BCUT2D eigenvalue weighted by atomic mass is 10.2. The number of imidazole rings is 1. The fraction of sp³-hybridized carbons (Fsp3) is 0.647. The van der Waals surface area contributed by atoms with Crippen LogP contribution in [0.15, 0.2) is 23.3 Å². The fourth-order valence-electron chi connectivity index (χ4n) is 2.74. The van der Waals surface area contributed by atoms with Crippen LogP contribution >= 0.6 is 11.6 Å². The van der Waals surface area contributed by atoms with Gasteiger partial charge in [-0.25, -0.2) is 4.98 Å². The number of ether oxygens (including phenoxy) is 1. The van der Waals surface area contributed by atoms with Crippen molar-refractivity contribution >= 4 is 25.7 Å². The van der Waals surface area contributed by atoms with Crippen LogP contribution in [0.1, 0.15) is 39.8 Å². The normalized spacial score (nSPS) is 22.0.